The molecule has 0 spiro atoms. The van der Waals surface area contributed by atoms with Crippen molar-refractivity contribution >= 4 is 51.3 Å². The second-order valence-electron chi connectivity index (χ2n) is 4.58. The van der Waals surface area contributed by atoms with Crippen LogP contribution in [0.1, 0.15) is 15.4 Å². The third-order valence-corrected chi connectivity index (χ3v) is 4.56. The summed E-state index contributed by atoms with van der Waals surface area (Å²) in [4.78, 5) is 29.3. The van der Waals surface area contributed by atoms with Gasteiger partial charge in [0.05, 0.1) is 16.6 Å². The number of aromatic nitrogens is 4. The Morgan fingerprint density at radius 2 is 2.27 bits per heavy atom. The van der Waals surface area contributed by atoms with E-state index >= 15 is 0 Å². The predicted octanol–water partition coefficient (Wildman–Crippen LogP) is 2.20. The van der Waals surface area contributed by atoms with Crippen LogP contribution in [-0.4, -0.2) is 25.3 Å². The summed E-state index contributed by atoms with van der Waals surface area (Å²) in [6.07, 6.45) is 1.35. The quantitative estimate of drug-likeness (QED) is 0.690. The highest BCUT2D eigenvalue weighted by molar-refractivity contribution is 7.71. The van der Waals surface area contributed by atoms with Crippen LogP contribution in [0.4, 0.5) is 0 Å². The van der Waals surface area contributed by atoms with E-state index in [1.165, 1.54) is 22.2 Å². The Hall–Kier alpha value is -1.97. The molecule has 114 valence electrons. The van der Waals surface area contributed by atoms with Crippen molar-refractivity contribution in [1.29, 1.82) is 0 Å². The smallest absolute Gasteiger partial charge is 0.290 e. The SMILES string of the molecule is Cc1cc2c(=O)n(NC(=O)c3c(Cl)cnn3C)c(=S)[nH]c2s1. The Balaban J connectivity index is 2.10. The van der Waals surface area contributed by atoms with Crippen molar-refractivity contribution in [3.05, 3.63) is 43.0 Å². The van der Waals surface area contributed by atoms with E-state index in [4.69, 9.17) is 23.8 Å². The van der Waals surface area contributed by atoms with Gasteiger partial charge in [0.2, 0.25) is 4.77 Å². The van der Waals surface area contributed by atoms with Crippen LogP contribution >= 0.6 is 35.2 Å². The molecule has 22 heavy (non-hydrogen) atoms. The molecular formula is C12H10ClN5O2S2. The van der Waals surface area contributed by atoms with E-state index in [9.17, 15) is 9.59 Å². The minimum atomic E-state index is -0.571. The molecule has 0 aliphatic carbocycles. The van der Waals surface area contributed by atoms with Crippen molar-refractivity contribution in [1.82, 2.24) is 19.4 Å². The predicted molar refractivity (Wildman–Crippen MR) is 87.9 cm³/mol. The number of carbonyl (C=O) groups is 1. The Bertz CT molecular complexity index is 993. The maximum atomic E-state index is 12.5. The number of nitrogens with one attached hydrogen (secondary N) is 2. The van der Waals surface area contributed by atoms with Gasteiger partial charge in [0, 0.05) is 11.9 Å². The summed E-state index contributed by atoms with van der Waals surface area (Å²) in [5, 5.41) is 4.54. The minimum Gasteiger partial charge on any atom is -0.322 e. The highest BCUT2D eigenvalue weighted by Gasteiger charge is 2.18. The summed E-state index contributed by atoms with van der Waals surface area (Å²) >= 11 is 12.5. The van der Waals surface area contributed by atoms with Gasteiger partial charge in [-0.2, -0.15) is 9.77 Å². The van der Waals surface area contributed by atoms with Crippen LogP contribution in [0.25, 0.3) is 10.2 Å². The summed E-state index contributed by atoms with van der Waals surface area (Å²) in [5.41, 5.74) is 2.20. The zero-order valence-electron chi connectivity index (χ0n) is 11.5. The van der Waals surface area contributed by atoms with Gasteiger partial charge in [0.15, 0.2) is 0 Å². The van der Waals surface area contributed by atoms with Crippen molar-refractivity contribution < 1.29 is 4.79 Å². The summed E-state index contributed by atoms with van der Waals surface area (Å²) < 4.78 is 2.42. The third kappa shape index (κ3) is 2.36. The van der Waals surface area contributed by atoms with Crippen LogP contribution < -0.4 is 11.0 Å². The van der Waals surface area contributed by atoms with Gasteiger partial charge in [-0.3, -0.25) is 19.7 Å². The molecule has 0 aliphatic heterocycles. The second kappa shape index (κ2) is 5.34. The Kier molecular flexibility index (Phi) is 3.63. The van der Waals surface area contributed by atoms with Crippen molar-refractivity contribution in [2.45, 2.75) is 6.92 Å². The van der Waals surface area contributed by atoms with Crippen LogP contribution in [0.5, 0.6) is 0 Å². The minimum absolute atomic E-state index is 0.103. The van der Waals surface area contributed by atoms with E-state index in [0.717, 1.165) is 9.55 Å². The van der Waals surface area contributed by atoms with Crippen LogP contribution in [0.2, 0.25) is 5.02 Å². The molecule has 3 heterocycles. The average molecular weight is 356 g/mol. The highest BCUT2D eigenvalue weighted by atomic mass is 35.5. The molecule has 1 amide bonds. The van der Waals surface area contributed by atoms with Gasteiger partial charge in [0.25, 0.3) is 11.5 Å². The van der Waals surface area contributed by atoms with Crippen LogP contribution in [0.15, 0.2) is 17.1 Å². The summed E-state index contributed by atoms with van der Waals surface area (Å²) in [7, 11) is 1.58. The molecule has 7 nitrogen and oxygen atoms in total. The maximum absolute atomic E-state index is 12.5. The van der Waals surface area contributed by atoms with Gasteiger partial charge in [-0.25, -0.2) is 0 Å². The molecule has 3 aromatic rings. The summed E-state index contributed by atoms with van der Waals surface area (Å²) in [6, 6.07) is 1.74. The van der Waals surface area contributed by atoms with Crippen molar-refractivity contribution in [3.8, 4) is 0 Å². The molecular weight excluding hydrogens is 346 g/mol. The molecule has 0 saturated carbocycles. The van der Waals surface area contributed by atoms with Gasteiger partial charge in [-0.05, 0) is 25.2 Å². The van der Waals surface area contributed by atoms with Crippen molar-refractivity contribution in [2.24, 2.45) is 7.05 Å². The van der Waals surface area contributed by atoms with E-state index in [-0.39, 0.29) is 15.5 Å². The number of amides is 1. The first-order valence-corrected chi connectivity index (χ1v) is 7.73. The van der Waals surface area contributed by atoms with Crippen LogP contribution in [-0.2, 0) is 7.05 Å². The molecule has 0 saturated heterocycles. The lowest BCUT2D eigenvalue weighted by Gasteiger charge is -2.08. The van der Waals surface area contributed by atoms with Gasteiger partial charge < -0.3 is 4.98 Å². The van der Waals surface area contributed by atoms with Gasteiger partial charge in [0.1, 0.15) is 10.5 Å². The lowest BCUT2D eigenvalue weighted by molar-refractivity contribution is 0.0997. The zero-order valence-corrected chi connectivity index (χ0v) is 13.9. The van der Waals surface area contributed by atoms with E-state index in [1.807, 2.05) is 6.92 Å². The second-order valence-corrected chi connectivity index (χ2v) is 6.63. The first-order chi connectivity index (χ1) is 10.4. The van der Waals surface area contributed by atoms with Crippen LogP contribution in [0, 0.1) is 11.7 Å². The Morgan fingerprint density at radius 1 is 1.55 bits per heavy atom. The maximum Gasteiger partial charge on any atom is 0.290 e. The monoisotopic (exact) mass is 355 g/mol. The van der Waals surface area contributed by atoms with E-state index in [1.54, 1.807) is 13.1 Å². The molecule has 0 aliphatic rings. The lowest BCUT2D eigenvalue weighted by atomic mass is 10.4. The molecule has 0 aromatic carbocycles. The van der Waals surface area contributed by atoms with Gasteiger partial charge in [-0.1, -0.05) is 11.6 Å². The Labute approximate surface area is 138 Å². The molecule has 0 atom stereocenters. The first kappa shape index (κ1) is 14.9. The largest absolute Gasteiger partial charge is 0.322 e. The number of fused-ring (bicyclic) bond motifs is 1. The summed E-state index contributed by atoms with van der Waals surface area (Å²) in [5.74, 6) is -0.571. The molecule has 0 bridgehead atoms. The van der Waals surface area contributed by atoms with E-state index in [2.05, 4.69) is 15.5 Å². The number of aromatic amines is 1. The van der Waals surface area contributed by atoms with E-state index < -0.39 is 11.5 Å². The molecule has 0 radical (unpaired) electrons. The molecule has 10 heteroatoms. The zero-order chi connectivity index (χ0) is 16.0. The highest BCUT2D eigenvalue weighted by Crippen LogP contribution is 2.19. The number of nitrogens with zero attached hydrogens (tertiary/aromatic N) is 3. The fourth-order valence-corrected chi connectivity index (χ4v) is 3.50. The lowest BCUT2D eigenvalue weighted by Crippen LogP contribution is -2.35. The molecule has 3 aromatic heterocycles. The van der Waals surface area contributed by atoms with Gasteiger partial charge in [-0.15, -0.1) is 11.3 Å². The third-order valence-electron chi connectivity index (χ3n) is 3.03. The number of halogens is 1. The topological polar surface area (TPSA) is 84.7 Å². The number of carbonyl (C=O) groups excluding carboxylic acids is 1. The number of H-pyrrole nitrogens is 1. The molecule has 0 fully saturated rings. The number of aryl methyl sites for hydroxylation is 2. The van der Waals surface area contributed by atoms with Gasteiger partial charge >= 0.3 is 0 Å². The number of hydrogen-bond acceptors (Lipinski definition) is 5. The number of thiophene rings is 1. The van der Waals surface area contributed by atoms with E-state index in [0.29, 0.717) is 10.2 Å². The van der Waals surface area contributed by atoms with Crippen molar-refractivity contribution in [2.75, 3.05) is 5.43 Å². The summed E-state index contributed by atoms with van der Waals surface area (Å²) in [6.45, 7) is 1.89. The molecule has 0 unspecified atom stereocenters. The fraction of sp³-hybridized carbons (Fsp3) is 0.167. The normalized spacial score (nSPS) is 11.0. The van der Waals surface area contributed by atoms with Crippen LogP contribution in [0.3, 0.4) is 0 Å². The standard InChI is InChI=1S/C12H10ClN5O2S2/c1-5-3-6-10(22-5)15-12(21)18(11(6)20)16-9(19)8-7(13)4-14-17(8)2/h3-4H,1-2H3,(H,15,21)(H,16,19). The Morgan fingerprint density at radius 3 is 2.91 bits per heavy atom. The first-order valence-electron chi connectivity index (χ1n) is 6.13. The fourth-order valence-electron chi connectivity index (χ4n) is 2.05. The van der Waals surface area contributed by atoms with Crippen molar-refractivity contribution in [3.63, 3.8) is 0 Å². The molecule has 3 rings (SSSR count). The number of hydrogen-bond donors (Lipinski definition) is 2. The molecule has 2 N–H and O–H groups in total. The average Bonchev–Trinajstić information content (AvgIpc) is 2.97. The number of rotatable bonds is 2.